The Morgan fingerprint density at radius 3 is 3.00 bits per heavy atom. The third-order valence-corrected chi connectivity index (χ3v) is 4.47. The van der Waals surface area contributed by atoms with Crippen LogP contribution in [0.3, 0.4) is 0 Å². The number of rotatable bonds is 7. The molecule has 0 bridgehead atoms. The van der Waals surface area contributed by atoms with Crippen LogP contribution in [0.2, 0.25) is 0 Å². The second-order valence-electron chi connectivity index (χ2n) is 5.80. The highest BCUT2D eigenvalue weighted by Crippen LogP contribution is 2.14. The van der Waals surface area contributed by atoms with Gasteiger partial charge in [0.25, 0.3) is 0 Å². The molecule has 0 aliphatic carbocycles. The molecular weight excluding hydrogens is 310 g/mol. The van der Waals surface area contributed by atoms with Crippen LogP contribution in [0.1, 0.15) is 11.3 Å². The first kappa shape index (κ1) is 16.4. The lowest BCUT2D eigenvalue weighted by Crippen LogP contribution is -2.44. The zero-order valence-electron chi connectivity index (χ0n) is 13.4. The van der Waals surface area contributed by atoms with E-state index >= 15 is 0 Å². The van der Waals surface area contributed by atoms with Crippen LogP contribution in [-0.4, -0.2) is 49.3 Å². The van der Waals surface area contributed by atoms with E-state index in [-0.39, 0.29) is 6.10 Å². The molecule has 0 saturated carbocycles. The highest BCUT2D eigenvalue weighted by molar-refractivity contribution is 7.07. The molecule has 1 aliphatic rings. The number of nitrogens with one attached hydrogen (secondary N) is 1. The number of hydrogen-bond donors (Lipinski definition) is 1. The number of nitrogens with zero attached hydrogens (tertiary/aromatic N) is 2. The maximum absolute atomic E-state index is 5.74. The molecule has 2 aromatic rings. The molecule has 1 aromatic heterocycles. The number of hydrogen-bond acceptors (Lipinski definition) is 6. The van der Waals surface area contributed by atoms with E-state index < -0.39 is 0 Å². The highest BCUT2D eigenvalue weighted by atomic mass is 32.1. The molecule has 23 heavy (non-hydrogen) atoms. The molecule has 0 amide bonds. The fourth-order valence-electron chi connectivity index (χ4n) is 2.54. The molecule has 124 valence electrons. The van der Waals surface area contributed by atoms with Gasteiger partial charge >= 0.3 is 0 Å². The topological polar surface area (TPSA) is 46.6 Å². The van der Waals surface area contributed by atoms with Gasteiger partial charge in [0, 0.05) is 31.6 Å². The second kappa shape index (κ2) is 8.40. The number of aromatic nitrogens is 1. The summed E-state index contributed by atoms with van der Waals surface area (Å²) in [5, 5.41) is 5.47. The molecule has 1 fully saturated rings. The molecule has 1 aliphatic heterocycles. The highest BCUT2D eigenvalue weighted by Gasteiger charge is 2.16. The second-order valence-corrected chi connectivity index (χ2v) is 6.52. The Bertz CT molecular complexity index is 574. The summed E-state index contributed by atoms with van der Waals surface area (Å²) < 4.78 is 11.5. The summed E-state index contributed by atoms with van der Waals surface area (Å²) in [5.74, 6) is 0.874. The minimum Gasteiger partial charge on any atom is -0.487 e. The van der Waals surface area contributed by atoms with E-state index in [9.17, 15) is 0 Å². The molecule has 2 heterocycles. The first-order chi connectivity index (χ1) is 11.3. The molecule has 1 N–H and O–H groups in total. The maximum atomic E-state index is 5.74. The van der Waals surface area contributed by atoms with Gasteiger partial charge in [0.05, 0.1) is 23.9 Å². The summed E-state index contributed by atoms with van der Waals surface area (Å²) in [7, 11) is 2.14. The predicted molar refractivity (Wildman–Crippen MR) is 91.8 cm³/mol. The van der Waals surface area contributed by atoms with E-state index in [0.717, 1.165) is 44.2 Å². The van der Waals surface area contributed by atoms with Gasteiger partial charge in [0.1, 0.15) is 12.4 Å². The van der Waals surface area contributed by atoms with Crippen LogP contribution < -0.4 is 10.1 Å². The SMILES string of the molecule is CN1CCO[C@@H](CNCc2ccc(OCc3cscn3)cc2)C1. The van der Waals surface area contributed by atoms with Crippen molar-refractivity contribution in [2.24, 2.45) is 0 Å². The number of morpholine rings is 1. The van der Waals surface area contributed by atoms with E-state index in [1.54, 1.807) is 11.3 Å². The lowest BCUT2D eigenvalue weighted by molar-refractivity contribution is -0.0182. The van der Waals surface area contributed by atoms with Crippen molar-refractivity contribution in [2.45, 2.75) is 19.3 Å². The number of benzene rings is 1. The molecule has 3 rings (SSSR count). The maximum Gasteiger partial charge on any atom is 0.131 e. The summed E-state index contributed by atoms with van der Waals surface area (Å²) in [6.45, 7) is 5.10. The molecule has 1 aromatic carbocycles. The van der Waals surface area contributed by atoms with E-state index in [1.165, 1.54) is 5.56 Å². The Labute approximate surface area is 141 Å². The molecule has 6 heteroatoms. The van der Waals surface area contributed by atoms with Crippen LogP contribution in [0.25, 0.3) is 0 Å². The third kappa shape index (κ3) is 5.28. The third-order valence-electron chi connectivity index (χ3n) is 3.84. The van der Waals surface area contributed by atoms with Crippen molar-refractivity contribution >= 4 is 11.3 Å². The average Bonchev–Trinajstić information content (AvgIpc) is 3.08. The van der Waals surface area contributed by atoms with Crippen molar-refractivity contribution in [1.82, 2.24) is 15.2 Å². The molecule has 0 unspecified atom stereocenters. The van der Waals surface area contributed by atoms with Gasteiger partial charge in [-0.05, 0) is 24.7 Å². The molecular formula is C17H23N3O2S. The van der Waals surface area contributed by atoms with Gasteiger partial charge in [-0.25, -0.2) is 4.98 Å². The standard InChI is InChI=1S/C17H23N3O2S/c1-20-6-7-21-17(10-20)9-18-8-14-2-4-16(5-3-14)22-11-15-12-23-13-19-15/h2-5,12-13,17-18H,6-11H2,1H3/t17-/m0/s1. The number of thiazole rings is 1. The van der Waals surface area contributed by atoms with Gasteiger partial charge in [0.15, 0.2) is 0 Å². The molecule has 5 nitrogen and oxygen atoms in total. The first-order valence-corrected chi connectivity index (χ1v) is 8.83. The van der Waals surface area contributed by atoms with E-state index in [0.29, 0.717) is 6.61 Å². The van der Waals surface area contributed by atoms with Crippen molar-refractivity contribution in [3.8, 4) is 5.75 Å². The average molecular weight is 333 g/mol. The zero-order valence-corrected chi connectivity index (χ0v) is 14.2. The Balaban J connectivity index is 1.39. The number of likely N-dealkylation sites (N-methyl/N-ethyl adjacent to an activating group) is 1. The zero-order chi connectivity index (χ0) is 15.9. The van der Waals surface area contributed by atoms with Crippen LogP contribution in [0, 0.1) is 0 Å². The summed E-state index contributed by atoms with van der Waals surface area (Å²) in [5.41, 5.74) is 4.04. The smallest absolute Gasteiger partial charge is 0.131 e. The Morgan fingerprint density at radius 1 is 1.39 bits per heavy atom. The van der Waals surface area contributed by atoms with Gasteiger partial charge in [-0.2, -0.15) is 0 Å². The largest absolute Gasteiger partial charge is 0.487 e. The first-order valence-electron chi connectivity index (χ1n) is 7.89. The summed E-state index contributed by atoms with van der Waals surface area (Å²) >= 11 is 1.59. The van der Waals surface area contributed by atoms with Gasteiger partial charge in [0.2, 0.25) is 0 Å². The Morgan fingerprint density at radius 2 is 2.26 bits per heavy atom. The van der Waals surface area contributed by atoms with Crippen molar-refractivity contribution in [3.05, 3.63) is 46.4 Å². The number of ether oxygens (including phenoxy) is 2. The minimum atomic E-state index is 0.287. The molecule has 0 radical (unpaired) electrons. The summed E-state index contributed by atoms with van der Waals surface area (Å²) in [6, 6.07) is 8.21. The monoisotopic (exact) mass is 333 g/mol. The van der Waals surface area contributed by atoms with E-state index in [2.05, 4.69) is 34.4 Å². The van der Waals surface area contributed by atoms with Crippen LogP contribution in [0.4, 0.5) is 0 Å². The fourth-order valence-corrected chi connectivity index (χ4v) is 3.08. The molecule has 1 saturated heterocycles. The van der Waals surface area contributed by atoms with Gasteiger partial charge in [-0.15, -0.1) is 11.3 Å². The van der Waals surface area contributed by atoms with Gasteiger partial charge in [-0.1, -0.05) is 12.1 Å². The lowest BCUT2D eigenvalue weighted by Gasteiger charge is -2.30. The predicted octanol–water partition coefficient (Wildman–Crippen LogP) is 2.14. The van der Waals surface area contributed by atoms with Crippen LogP contribution in [-0.2, 0) is 17.9 Å². The lowest BCUT2D eigenvalue weighted by atomic mass is 10.2. The van der Waals surface area contributed by atoms with Crippen LogP contribution >= 0.6 is 11.3 Å². The molecule has 1 atom stereocenters. The minimum absolute atomic E-state index is 0.287. The summed E-state index contributed by atoms with van der Waals surface area (Å²) in [6.07, 6.45) is 0.287. The Hall–Kier alpha value is -1.47. The van der Waals surface area contributed by atoms with Crippen molar-refractivity contribution in [1.29, 1.82) is 0 Å². The fraction of sp³-hybridized carbons (Fsp3) is 0.471. The van der Waals surface area contributed by atoms with Crippen molar-refractivity contribution in [2.75, 3.05) is 33.3 Å². The molecule has 0 spiro atoms. The van der Waals surface area contributed by atoms with Crippen molar-refractivity contribution < 1.29 is 9.47 Å². The van der Waals surface area contributed by atoms with Crippen molar-refractivity contribution in [3.63, 3.8) is 0 Å². The van der Waals surface area contributed by atoms with Gasteiger partial charge in [-0.3, -0.25) is 0 Å². The van der Waals surface area contributed by atoms with Crippen LogP contribution in [0.5, 0.6) is 5.75 Å². The van der Waals surface area contributed by atoms with E-state index in [1.807, 2.05) is 23.0 Å². The summed E-state index contributed by atoms with van der Waals surface area (Å²) in [4.78, 5) is 6.52. The normalized spacial score (nSPS) is 18.9. The van der Waals surface area contributed by atoms with Crippen LogP contribution in [0.15, 0.2) is 35.2 Å². The Kier molecular flexibility index (Phi) is 5.99. The quantitative estimate of drug-likeness (QED) is 0.841. The van der Waals surface area contributed by atoms with E-state index in [4.69, 9.17) is 9.47 Å². The van der Waals surface area contributed by atoms with Gasteiger partial charge < -0.3 is 19.7 Å².